The van der Waals surface area contributed by atoms with Crippen molar-refractivity contribution >= 4 is 29.7 Å². The molecule has 2 fully saturated rings. The Morgan fingerprint density at radius 1 is 1.38 bits per heavy atom. The zero-order chi connectivity index (χ0) is 14.3. The molecule has 1 aromatic rings. The summed E-state index contributed by atoms with van der Waals surface area (Å²) in [6.07, 6.45) is 1.42. The number of carbonyl (C=O) groups excluding carboxylic acids is 1. The van der Waals surface area contributed by atoms with Crippen LogP contribution in [0.25, 0.3) is 0 Å². The van der Waals surface area contributed by atoms with Gasteiger partial charge in [0.2, 0.25) is 5.92 Å². The fourth-order valence-corrected chi connectivity index (χ4v) is 3.58. The van der Waals surface area contributed by atoms with Gasteiger partial charge in [-0.25, -0.2) is 8.78 Å². The van der Waals surface area contributed by atoms with Gasteiger partial charge in [-0.2, -0.15) is 0 Å². The van der Waals surface area contributed by atoms with Crippen LogP contribution < -0.4 is 11.1 Å². The smallest absolute Gasteiger partial charge is 0.261 e. The van der Waals surface area contributed by atoms with Crippen molar-refractivity contribution in [1.29, 1.82) is 0 Å². The first-order valence-electron chi connectivity index (χ1n) is 6.97. The lowest BCUT2D eigenvalue weighted by molar-refractivity contribution is -0.0399. The van der Waals surface area contributed by atoms with E-state index in [2.05, 4.69) is 5.32 Å². The van der Waals surface area contributed by atoms with Crippen LogP contribution in [-0.4, -0.2) is 23.9 Å². The third kappa shape index (κ3) is 3.93. The van der Waals surface area contributed by atoms with Crippen LogP contribution >= 0.6 is 23.7 Å². The molecule has 0 aromatic carbocycles. The van der Waals surface area contributed by atoms with Crippen LogP contribution in [0.3, 0.4) is 0 Å². The van der Waals surface area contributed by atoms with Gasteiger partial charge in [-0.05, 0) is 36.3 Å². The highest BCUT2D eigenvalue weighted by molar-refractivity contribution is 7.12. The summed E-state index contributed by atoms with van der Waals surface area (Å²) in [4.78, 5) is 12.7. The molecule has 21 heavy (non-hydrogen) atoms. The van der Waals surface area contributed by atoms with Gasteiger partial charge in [0.05, 0.1) is 4.88 Å². The summed E-state index contributed by atoms with van der Waals surface area (Å²) >= 11 is 1.40. The van der Waals surface area contributed by atoms with E-state index in [1.807, 2.05) is 11.4 Å². The minimum Gasteiger partial charge on any atom is -0.349 e. The first kappa shape index (κ1) is 16.6. The van der Waals surface area contributed by atoms with Crippen LogP contribution in [0.2, 0.25) is 0 Å². The number of nitrogens with one attached hydrogen (secondary N) is 1. The van der Waals surface area contributed by atoms with Gasteiger partial charge in [-0.1, -0.05) is 0 Å². The molecule has 118 valence electrons. The molecule has 1 heterocycles. The Hall–Kier alpha value is -0.720. The van der Waals surface area contributed by atoms with E-state index < -0.39 is 5.92 Å². The fraction of sp³-hybridized carbons (Fsp3) is 0.643. The molecule has 7 heteroatoms. The first-order valence-corrected chi connectivity index (χ1v) is 7.85. The topological polar surface area (TPSA) is 55.1 Å². The number of rotatable bonds is 3. The highest BCUT2D eigenvalue weighted by atomic mass is 35.5. The number of carbonyl (C=O) groups is 1. The zero-order valence-corrected chi connectivity index (χ0v) is 13.1. The molecule has 3 N–H and O–H groups in total. The molecular weight excluding hydrogens is 318 g/mol. The van der Waals surface area contributed by atoms with Crippen molar-refractivity contribution in [2.75, 3.05) is 0 Å². The second-order valence-electron chi connectivity index (χ2n) is 5.85. The normalized spacial score (nSPS) is 27.8. The van der Waals surface area contributed by atoms with Crippen LogP contribution in [0.4, 0.5) is 8.78 Å². The van der Waals surface area contributed by atoms with Gasteiger partial charge in [0.25, 0.3) is 5.91 Å². The van der Waals surface area contributed by atoms with Gasteiger partial charge >= 0.3 is 0 Å². The molecule has 0 aliphatic heterocycles. The summed E-state index contributed by atoms with van der Waals surface area (Å²) in [5.74, 6) is -2.31. The van der Waals surface area contributed by atoms with E-state index in [1.165, 1.54) is 11.3 Å². The van der Waals surface area contributed by atoms with Gasteiger partial charge < -0.3 is 11.1 Å². The quantitative estimate of drug-likeness (QED) is 0.890. The van der Waals surface area contributed by atoms with E-state index in [-0.39, 0.29) is 43.2 Å². The molecule has 0 unspecified atom stereocenters. The maximum Gasteiger partial charge on any atom is 0.261 e. The first-order chi connectivity index (χ1) is 9.44. The van der Waals surface area contributed by atoms with E-state index in [1.54, 1.807) is 0 Å². The van der Waals surface area contributed by atoms with Gasteiger partial charge in [-0.15, -0.1) is 23.7 Å². The highest BCUT2D eigenvalue weighted by Gasteiger charge is 2.37. The molecule has 1 aromatic heterocycles. The maximum absolute atomic E-state index is 13.1. The molecule has 1 amide bonds. The lowest BCUT2D eigenvalue weighted by Gasteiger charge is -2.28. The highest BCUT2D eigenvalue weighted by Crippen LogP contribution is 2.40. The molecule has 0 radical (unpaired) electrons. The predicted molar refractivity (Wildman–Crippen MR) is 81.6 cm³/mol. The Kier molecular flexibility index (Phi) is 4.90. The van der Waals surface area contributed by atoms with Gasteiger partial charge in [0, 0.05) is 30.8 Å². The fourth-order valence-electron chi connectivity index (χ4n) is 2.70. The van der Waals surface area contributed by atoms with Crippen LogP contribution in [0.15, 0.2) is 11.4 Å². The third-order valence-electron chi connectivity index (χ3n) is 4.16. The summed E-state index contributed by atoms with van der Waals surface area (Å²) in [5.41, 5.74) is 6.92. The van der Waals surface area contributed by atoms with Crippen molar-refractivity contribution in [2.45, 2.75) is 56.0 Å². The largest absolute Gasteiger partial charge is 0.349 e. The van der Waals surface area contributed by atoms with Gasteiger partial charge in [0.15, 0.2) is 0 Å². The zero-order valence-electron chi connectivity index (χ0n) is 11.5. The average molecular weight is 337 g/mol. The number of alkyl halides is 2. The molecule has 2 saturated carbocycles. The van der Waals surface area contributed by atoms with Gasteiger partial charge in [-0.3, -0.25) is 4.79 Å². The van der Waals surface area contributed by atoms with E-state index in [4.69, 9.17) is 5.73 Å². The molecule has 0 bridgehead atoms. The van der Waals surface area contributed by atoms with Crippen molar-refractivity contribution in [2.24, 2.45) is 5.73 Å². The molecule has 3 nitrogen and oxygen atoms in total. The number of thiophene rings is 1. The summed E-state index contributed by atoms with van der Waals surface area (Å²) in [6.45, 7) is 0. The van der Waals surface area contributed by atoms with Crippen LogP contribution in [0, 0.1) is 0 Å². The molecular formula is C14H19ClF2N2OS. The average Bonchev–Trinajstić information content (AvgIpc) is 2.92. The second-order valence-corrected chi connectivity index (χ2v) is 6.77. The molecule has 0 saturated heterocycles. The predicted octanol–water partition coefficient (Wildman–Crippen LogP) is 3.29. The molecule has 3 rings (SSSR count). The van der Waals surface area contributed by atoms with Crippen molar-refractivity contribution < 1.29 is 13.6 Å². The van der Waals surface area contributed by atoms with Crippen molar-refractivity contribution in [1.82, 2.24) is 5.32 Å². The molecule has 2 aliphatic carbocycles. The van der Waals surface area contributed by atoms with E-state index in [9.17, 15) is 13.6 Å². The molecule has 2 atom stereocenters. The third-order valence-corrected chi connectivity index (χ3v) is 5.11. The summed E-state index contributed by atoms with van der Waals surface area (Å²) < 4.78 is 26.1. The Bertz CT molecular complexity index is 513. The Labute approximate surface area is 132 Å². The van der Waals surface area contributed by atoms with Gasteiger partial charge in [0.1, 0.15) is 0 Å². The summed E-state index contributed by atoms with van der Waals surface area (Å²) in [6, 6.07) is 1.98. The molecule has 2 aliphatic rings. The number of amides is 1. The SMILES string of the molecule is Cl.N[C@@H]1C[C@H]1c1csc(C(=O)NC2CCC(F)(F)CC2)c1. The number of halogens is 3. The number of nitrogens with two attached hydrogens (primary N) is 1. The van der Waals surface area contributed by atoms with Crippen LogP contribution in [-0.2, 0) is 0 Å². The monoisotopic (exact) mass is 336 g/mol. The van der Waals surface area contributed by atoms with E-state index >= 15 is 0 Å². The summed E-state index contributed by atoms with van der Waals surface area (Å²) in [5, 5.41) is 4.84. The summed E-state index contributed by atoms with van der Waals surface area (Å²) in [7, 11) is 0. The lowest BCUT2D eigenvalue weighted by Crippen LogP contribution is -2.40. The van der Waals surface area contributed by atoms with Crippen molar-refractivity contribution in [3.05, 3.63) is 21.9 Å². The number of hydrogen-bond donors (Lipinski definition) is 2. The van der Waals surface area contributed by atoms with E-state index in [0.29, 0.717) is 23.6 Å². The minimum atomic E-state index is -2.56. The van der Waals surface area contributed by atoms with Crippen molar-refractivity contribution in [3.8, 4) is 0 Å². The van der Waals surface area contributed by atoms with Crippen molar-refractivity contribution in [3.63, 3.8) is 0 Å². The Balaban J connectivity index is 0.00000161. The second kappa shape index (κ2) is 6.18. The minimum absolute atomic E-state index is 0. The Morgan fingerprint density at radius 3 is 2.57 bits per heavy atom. The molecule has 0 spiro atoms. The lowest BCUT2D eigenvalue weighted by atomic mass is 9.92. The van der Waals surface area contributed by atoms with Crippen LogP contribution in [0.5, 0.6) is 0 Å². The maximum atomic E-state index is 13.1. The Morgan fingerprint density at radius 2 is 2.00 bits per heavy atom. The van der Waals surface area contributed by atoms with Crippen LogP contribution in [0.1, 0.15) is 53.3 Å². The standard InChI is InChI=1S/C14H18F2N2OS.ClH/c15-14(16)3-1-9(2-4-14)18-13(19)12-5-8(7-20-12)10-6-11(10)17;/h5,7,9-11H,1-4,6,17H2,(H,18,19);1H/t10-,11+;/m0./s1. The number of hydrogen-bond acceptors (Lipinski definition) is 3. The van der Waals surface area contributed by atoms with E-state index in [0.717, 1.165) is 12.0 Å².